The summed E-state index contributed by atoms with van der Waals surface area (Å²) in [7, 11) is 1.59. The molecule has 0 saturated heterocycles. The molecule has 3 atom stereocenters. The summed E-state index contributed by atoms with van der Waals surface area (Å²) in [5.41, 5.74) is 1.19. The molecule has 0 aromatic carbocycles. The normalized spacial score (nSPS) is 29.1. The molecule has 1 aliphatic rings. The quantitative estimate of drug-likeness (QED) is 0.753. The fraction of sp³-hybridized carbons (Fsp3) is 0.812. The van der Waals surface area contributed by atoms with E-state index in [1.807, 2.05) is 0 Å². The Bertz CT molecular complexity index is 320. The van der Waals surface area contributed by atoms with Crippen LogP contribution in [0, 0.1) is 17.8 Å². The number of ketones is 1. The van der Waals surface area contributed by atoms with Gasteiger partial charge in [-0.1, -0.05) is 25.5 Å². The van der Waals surface area contributed by atoms with Crippen LogP contribution in [-0.2, 0) is 9.53 Å². The zero-order valence-electron chi connectivity index (χ0n) is 12.7. The molecule has 0 spiro atoms. The molecule has 0 heterocycles. The topological polar surface area (TPSA) is 46.5 Å². The Morgan fingerprint density at radius 1 is 1.53 bits per heavy atom. The largest absolute Gasteiger partial charge is 0.396 e. The number of aliphatic hydroxyl groups excluding tert-OH is 1. The molecule has 0 aliphatic heterocycles. The van der Waals surface area contributed by atoms with Crippen molar-refractivity contribution in [3.05, 3.63) is 11.6 Å². The van der Waals surface area contributed by atoms with Crippen molar-refractivity contribution in [3.8, 4) is 0 Å². The smallest absolute Gasteiger partial charge is 0.162 e. The highest BCUT2D eigenvalue weighted by Gasteiger charge is 2.39. The van der Waals surface area contributed by atoms with Gasteiger partial charge in [0.2, 0.25) is 0 Å². The molecule has 1 fully saturated rings. The molecule has 0 radical (unpaired) electrons. The molecule has 0 aromatic heterocycles. The van der Waals surface area contributed by atoms with Crippen LogP contribution in [0.4, 0.5) is 0 Å². The van der Waals surface area contributed by atoms with Crippen molar-refractivity contribution in [2.24, 2.45) is 17.8 Å². The Labute approximate surface area is 117 Å². The fourth-order valence-corrected chi connectivity index (χ4v) is 2.97. The van der Waals surface area contributed by atoms with Gasteiger partial charge in [0, 0.05) is 26.1 Å². The second-order valence-electron chi connectivity index (χ2n) is 6.05. The second kappa shape index (κ2) is 7.81. The van der Waals surface area contributed by atoms with Crippen LogP contribution in [0.1, 0.15) is 46.5 Å². The fourth-order valence-electron chi connectivity index (χ4n) is 2.97. The van der Waals surface area contributed by atoms with E-state index < -0.39 is 0 Å². The molecule has 3 nitrogen and oxygen atoms in total. The number of Topliss-reactive ketones (excluding diaryl/α,β-unsaturated/α-hetero) is 1. The van der Waals surface area contributed by atoms with Crippen molar-refractivity contribution in [2.45, 2.75) is 52.6 Å². The van der Waals surface area contributed by atoms with Gasteiger partial charge in [0.1, 0.15) is 6.10 Å². The van der Waals surface area contributed by atoms with Crippen molar-refractivity contribution in [1.29, 1.82) is 0 Å². The first kappa shape index (κ1) is 16.4. The number of hydrogen-bond acceptors (Lipinski definition) is 3. The summed E-state index contributed by atoms with van der Waals surface area (Å²) < 4.78 is 5.40. The van der Waals surface area contributed by atoms with Crippen LogP contribution < -0.4 is 0 Å². The van der Waals surface area contributed by atoms with E-state index in [9.17, 15) is 9.90 Å². The summed E-state index contributed by atoms with van der Waals surface area (Å²) in [6.07, 6.45) is 5.33. The lowest BCUT2D eigenvalue weighted by atomic mass is 9.73. The standard InChI is InChI=1S/C16H28O3/c1-11(2)6-5-7-12(3)15-13(10-17)8-9-14(18)16(15)19-4/h7,11,13,15-17H,5-6,8-10H2,1-4H3/b12-7+/t13-,15?,16-/m1/s1. The number of hydrogen-bond donors (Lipinski definition) is 1. The molecule has 1 saturated carbocycles. The lowest BCUT2D eigenvalue weighted by Gasteiger charge is -2.36. The van der Waals surface area contributed by atoms with Gasteiger partial charge in [-0.2, -0.15) is 0 Å². The van der Waals surface area contributed by atoms with Gasteiger partial charge in [-0.3, -0.25) is 4.79 Å². The summed E-state index contributed by atoms with van der Waals surface area (Å²) in [6, 6.07) is 0. The van der Waals surface area contributed by atoms with Gasteiger partial charge in [0.15, 0.2) is 5.78 Å². The highest BCUT2D eigenvalue weighted by molar-refractivity contribution is 5.84. The highest BCUT2D eigenvalue weighted by atomic mass is 16.5. The van der Waals surface area contributed by atoms with E-state index in [1.165, 1.54) is 5.57 Å². The molecule has 19 heavy (non-hydrogen) atoms. The van der Waals surface area contributed by atoms with Crippen LogP contribution in [0.25, 0.3) is 0 Å². The monoisotopic (exact) mass is 268 g/mol. The van der Waals surface area contributed by atoms with Crippen molar-refractivity contribution in [1.82, 2.24) is 0 Å². The number of methoxy groups -OCH3 is 1. The molecule has 1 rings (SSSR count). The molecule has 3 heteroatoms. The van der Waals surface area contributed by atoms with Gasteiger partial charge in [0.25, 0.3) is 0 Å². The van der Waals surface area contributed by atoms with E-state index in [1.54, 1.807) is 7.11 Å². The second-order valence-corrected chi connectivity index (χ2v) is 6.05. The number of carbonyl (C=O) groups excluding carboxylic acids is 1. The number of carbonyl (C=O) groups is 1. The van der Waals surface area contributed by atoms with Crippen LogP contribution >= 0.6 is 0 Å². The Kier molecular flexibility index (Phi) is 6.73. The van der Waals surface area contributed by atoms with E-state index in [-0.39, 0.29) is 30.3 Å². The zero-order chi connectivity index (χ0) is 14.4. The van der Waals surface area contributed by atoms with E-state index in [2.05, 4.69) is 26.8 Å². The van der Waals surface area contributed by atoms with Gasteiger partial charge < -0.3 is 9.84 Å². The number of allylic oxidation sites excluding steroid dienone is 1. The van der Waals surface area contributed by atoms with E-state index in [0.29, 0.717) is 12.3 Å². The number of aliphatic hydroxyl groups is 1. The van der Waals surface area contributed by atoms with E-state index >= 15 is 0 Å². The molecule has 1 aliphatic carbocycles. The van der Waals surface area contributed by atoms with Crippen LogP contribution in [0.3, 0.4) is 0 Å². The van der Waals surface area contributed by atoms with Crippen molar-refractivity contribution < 1.29 is 14.6 Å². The molecule has 1 unspecified atom stereocenters. The lowest BCUT2D eigenvalue weighted by Crippen LogP contribution is -2.42. The van der Waals surface area contributed by atoms with Gasteiger partial charge in [-0.25, -0.2) is 0 Å². The minimum absolute atomic E-state index is 0.0448. The number of ether oxygens (including phenoxy) is 1. The maximum atomic E-state index is 11.9. The molecule has 110 valence electrons. The molecule has 1 N–H and O–H groups in total. The SMILES string of the molecule is CO[C@@H]1C(=O)CC[C@H](CO)C1/C(C)=C/CCC(C)C. The van der Waals surface area contributed by atoms with Gasteiger partial charge in [-0.05, 0) is 38.0 Å². The summed E-state index contributed by atoms with van der Waals surface area (Å²) in [6.45, 7) is 6.62. The van der Waals surface area contributed by atoms with E-state index in [0.717, 1.165) is 19.3 Å². The van der Waals surface area contributed by atoms with Crippen LogP contribution in [0.2, 0.25) is 0 Å². The Morgan fingerprint density at radius 3 is 2.74 bits per heavy atom. The third-order valence-corrected chi connectivity index (χ3v) is 4.14. The minimum Gasteiger partial charge on any atom is -0.396 e. The average Bonchev–Trinajstić information content (AvgIpc) is 2.37. The van der Waals surface area contributed by atoms with Crippen LogP contribution in [0.5, 0.6) is 0 Å². The van der Waals surface area contributed by atoms with Gasteiger partial charge in [0.05, 0.1) is 0 Å². The maximum Gasteiger partial charge on any atom is 0.162 e. The predicted octanol–water partition coefficient (Wildman–Crippen LogP) is 2.97. The van der Waals surface area contributed by atoms with Crippen molar-refractivity contribution >= 4 is 5.78 Å². The van der Waals surface area contributed by atoms with E-state index in [4.69, 9.17) is 4.74 Å². The molecular formula is C16H28O3. The first-order valence-electron chi connectivity index (χ1n) is 7.34. The summed E-state index contributed by atoms with van der Waals surface area (Å²) >= 11 is 0. The maximum absolute atomic E-state index is 11.9. The first-order valence-corrected chi connectivity index (χ1v) is 7.34. The average molecular weight is 268 g/mol. The van der Waals surface area contributed by atoms with Crippen LogP contribution in [0.15, 0.2) is 11.6 Å². The predicted molar refractivity (Wildman–Crippen MR) is 76.9 cm³/mol. The minimum atomic E-state index is -0.374. The Balaban J connectivity index is 2.79. The van der Waals surface area contributed by atoms with Crippen molar-refractivity contribution in [3.63, 3.8) is 0 Å². The Morgan fingerprint density at radius 2 is 2.21 bits per heavy atom. The van der Waals surface area contributed by atoms with Crippen LogP contribution in [-0.4, -0.2) is 30.7 Å². The zero-order valence-corrected chi connectivity index (χ0v) is 12.7. The summed E-state index contributed by atoms with van der Waals surface area (Å²) in [5, 5.41) is 9.53. The summed E-state index contributed by atoms with van der Waals surface area (Å²) in [4.78, 5) is 11.9. The first-order chi connectivity index (χ1) is 9.01. The molecule has 0 bridgehead atoms. The lowest BCUT2D eigenvalue weighted by molar-refractivity contribution is -0.137. The molecular weight excluding hydrogens is 240 g/mol. The third kappa shape index (κ3) is 4.43. The van der Waals surface area contributed by atoms with Gasteiger partial charge in [-0.15, -0.1) is 0 Å². The van der Waals surface area contributed by atoms with Gasteiger partial charge >= 0.3 is 0 Å². The summed E-state index contributed by atoms with van der Waals surface area (Å²) in [5.74, 6) is 1.05. The third-order valence-electron chi connectivity index (χ3n) is 4.14. The number of rotatable bonds is 6. The Hall–Kier alpha value is -0.670. The highest BCUT2D eigenvalue weighted by Crippen LogP contribution is 2.35. The van der Waals surface area contributed by atoms with Crippen molar-refractivity contribution in [2.75, 3.05) is 13.7 Å². The molecule has 0 aromatic rings. The molecule has 0 amide bonds.